The fourth-order valence-corrected chi connectivity index (χ4v) is 6.86. The maximum Gasteiger partial charge on any atom is 0.416 e. The predicted molar refractivity (Wildman–Crippen MR) is 153 cm³/mol. The summed E-state index contributed by atoms with van der Waals surface area (Å²) in [4.78, 5) is 0. The third-order valence-electron chi connectivity index (χ3n) is 8.91. The summed E-state index contributed by atoms with van der Waals surface area (Å²) in [5.74, 6) is 0. The van der Waals surface area contributed by atoms with Crippen molar-refractivity contribution in [2.45, 2.75) is 38.8 Å². The first-order valence-electron chi connectivity index (χ1n) is 13.5. The van der Waals surface area contributed by atoms with E-state index >= 15 is 0 Å². The van der Waals surface area contributed by atoms with Crippen LogP contribution in [0.4, 0.5) is 13.2 Å². The summed E-state index contributed by atoms with van der Waals surface area (Å²) in [6.45, 7) is 2.13. The van der Waals surface area contributed by atoms with Gasteiger partial charge in [0.25, 0.3) is 0 Å². The Morgan fingerprint density at radius 1 is 0.538 bits per heavy atom. The molecule has 0 aliphatic heterocycles. The molecule has 0 aromatic heterocycles. The fraction of sp³-hybridized carbons (Fsp3) is 0.167. The average Bonchev–Trinajstić information content (AvgIpc) is 3.67. The molecule has 0 unspecified atom stereocenters. The van der Waals surface area contributed by atoms with E-state index in [9.17, 15) is 13.2 Å². The molecule has 4 aromatic rings. The molecule has 0 fully saturated rings. The highest BCUT2D eigenvalue weighted by atomic mass is 19.4. The van der Waals surface area contributed by atoms with Crippen molar-refractivity contribution in [2.75, 3.05) is 0 Å². The first kappa shape index (κ1) is 22.8. The van der Waals surface area contributed by atoms with Crippen LogP contribution in [0.2, 0.25) is 0 Å². The van der Waals surface area contributed by atoms with E-state index in [0.717, 1.165) is 36.8 Å². The lowest BCUT2D eigenvalue weighted by atomic mass is 9.93. The fourth-order valence-electron chi connectivity index (χ4n) is 6.86. The smallest absolute Gasteiger partial charge is 0.166 e. The zero-order chi connectivity index (χ0) is 26.5. The van der Waals surface area contributed by atoms with Gasteiger partial charge < -0.3 is 0 Å². The second-order valence-electron chi connectivity index (χ2n) is 11.4. The number of aryl methyl sites for hydroxylation is 1. The van der Waals surface area contributed by atoms with Crippen LogP contribution in [0, 0.1) is 6.92 Å². The standard InChI is InChI=1S/C36H25F3/c1-20-2-4-21(5-3-20)23-10-25-14-29-18-35-33-17-28-13-24(22-6-8-31(9-7-22)36(37,38)39)11-26(28)15-30(33)19-34(35)32(29)16-27(25)12-23/h2-9,12-17H,10-11,18-19H2,1H3. The number of allylic oxidation sites excluding steroid dienone is 4. The van der Waals surface area contributed by atoms with Gasteiger partial charge in [0.05, 0.1) is 5.56 Å². The molecule has 0 bridgehead atoms. The highest BCUT2D eigenvalue weighted by Gasteiger charge is 2.33. The molecule has 0 spiro atoms. The van der Waals surface area contributed by atoms with Crippen LogP contribution in [0.5, 0.6) is 0 Å². The quantitative estimate of drug-likeness (QED) is 0.250. The van der Waals surface area contributed by atoms with Gasteiger partial charge in [-0.3, -0.25) is 0 Å². The van der Waals surface area contributed by atoms with Crippen molar-refractivity contribution < 1.29 is 13.2 Å². The van der Waals surface area contributed by atoms with Crippen molar-refractivity contribution in [3.8, 4) is 0 Å². The van der Waals surface area contributed by atoms with E-state index in [1.165, 1.54) is 84.5 Å². The van der Waals surface area contributed by atoms with Crippen LogP contribution in [0.3, 0.4) is 0 Å². The number of rotatable bonds is 2. The normalized spacial score (nSPS) is 16.5. The van der Waals surface area contributed by atoms with Crippen molar-refractivity contribution >= 4 is 34.4 Å². The molecule has 0 saturated carbocycles. The Hall–Kier alpha value is -4.11. The maximum atomic E-state index is 13.0. The van der Waals surface area contributed by atoms with Crippen LogP contribution >= 0.6 is 0 Å². The number of alkyl halides is 3. The summed E-state index contributed by atoms with van der Waals surface area (Å²) in [6.07, 6.45) is 3.88. The molecule has 0 radical (unpaired) electrons. The predicted octanol–water partition coefficient (Wildman–Crippen LogP) is 9.23. The molecule has 0 heterocycles. The molecule has 3 heteroatoms. The van der Waals surface area contributed by atoms with Gasteiger partial charge in [0.2, 0.25) is 0 Å². The molecule has 0 nitrogen and oxygen atoms in total. The highest BCUT2D eigenvalue weighted by Crippen LogP contribution is 2.50. The minimum absolute atomic E-state index is 0.602. The molecule has 8 rings (SSSR count). The Labute approximate surface area is 225 Å². The minimum atomic E-state index is -4.31. The van der Waals surface area contributed by atoms with E-state index in [1.54, 1.807) is 12.1 Å². The van der Waals surface area contributed by atoms with Gasteiger partial charge in [-0.05, 0) is 135 Å². The first-order chi connectivity index (χ1) is 18.8. The summed E-state index contributed by atoms with van der Waals surface area (Å²) in [5, 5.41) is 0. The van der Waals surface area contributed by atoms with Crippen molar-refractivity contribution in [1.29, 1.82) is 0 Å². The van der Waals surface area contributed by atoms with Gasteiger partial charge in [0.15, 0.2) is 0 Å². The Morgan fingerprint density at radius 2 is 1.00 bits per heavy atom. The van der Waals surface area contributed by atoms with Crippen LogP contribution in [0.1, 0.15) is 66.8 Å². The second kappa shape index (κ2) is 7.95. The first-order valence-corrected chi connectivity index (χ1v) is 13.5. The molecule has 4 aliphatic rings. The molecule has 190 valence electrons. The highest BCUT2D eigenvalue weighted by molar-refractivity contribution is 6.04. The number of hydrogen-bond donors (Lipinski definition) is 0. The molecular formula is C36H25F3. The molecular weight excluding hydrogens is 489 g/mol. The molecule has 4 aliphatic carbocycles. The summed E-state index contributed by atoms with van der Waals surface area (Å²) >= 11 is 0. The average molecular weight is 515 g/mol. The maximum absolute atomic E-state index is 13.0. The van der Waals surface area contributed by atoms with E-state index in [-0.39, 0.29) is 0 Å². The molecule has 0 N–H and O–H groups in total. The van der Waals surface area contributed by atoms with E-state index in [1.807, 2.05) is 0 Å². The van der Waals surface area contributed by atoms with Gasteiger partial charge in [-0.1, -0.05) is 66.2 Å². The van der Waals surface area contributed by atoms with Crippen molar-refractivity contribution in [1.82, 2.24) is 0 Å². The van der Waals surface area contributed by atoms with Gasteiger partial charge >= 0.3 is 6.18 Å². The monoisotopic (exact) mass is 514 g/mol. The number of benzene rings is 4. The van der Waals surface area contributed by atoms with Gasteiger partial charge in [0, 0.05) is 0 Å². The number of hydrogen-bond acceptors (Lipinski definition) is 0. The topological polar surface area (TPSA) is 0 Å². The third-order valence-corrected chi connectivity index (χ3v) is 8.91. The Bertz CT molecular complexity index is 1810. The van der Waals surface area contributed by atoms with Crippen LogP contribution in [0.25, 0.3) is 34.4 Å². The number of fused-ring (bicyclic) bond motifs is 6. The summed E-state index contributed by atoms with van der Waals surface area (Å²) in [6, 6.07) is 23.9. The summed E-state index contributed by atoms with van der Waals surface area (Å²) in [7, 11) is 0. The SMILES string of the molecule is Cc1ccc(C2=Cc3cc4c(cc3C2)CC2=C4Cc3cc4c(cc32)C=C(c2ccc(C(F)(F)F)cc2)C4)cc1. The minimum Gasteiger partial charge on any atom is -0.166 e. The van der Waals surface area contributed by atoms with Crippen LogP contribution in [-0.2, 0) is 31.9 Å². The molecule has 4 aromatic carbocycles. The largest absolute Gasteiger partial charge is 0.416 e. The Morgan fingerprint density at radius 3 is 1.46 bits per heavy atom. The van der Waals surface area contributed by atoms with Crippen LogP contribution < -0.4 is 0 Å². The lowest BCUT2D eigenvalue weighted by Gasteiger charge is -2.11. The third kappa shape index (κ3) is 3.60. The van der Waals surface area contributed by atoms with Crippen molar-refractivity contribution in [3.05, 3.63) is 140 Å². The molecule has 0 amide bonds. The van der Waals surface area contributed by atoms with Crippen LogP contribution in [-0.4, -0.2) is 0 Å². The molecule has 39 heavy (non-hydrogen) atoms. The van der Waals surface area contributed by atoms with Crippen molar-refractivity contribution in [3.63, 3.8) is 0 Å². The Balaban J connectivity index is 1.09. The van der Waals surface area contributed by atoms with Gasteiger partial charge in [-0.2, -0.15) is 13.2 Å². The van der Waals surface area contributed by atoms with E-state index < -0.39 is 11.7 Å². The van der Waals surface area contributed by atoms with Crippen molar-refractivity contribution in [2.24, 2.45) is 0 Å². The number of halogens is 3. The van der Waals surface area contributed by atoms with E-state index in [0.29, 0.717) is 0 Å². The lowest BCUT2D eigenvalue weighted by molar-refractivity contribution is -0.137. The van der Waals surface area contributed by atoms with E-state index in [4.69, 9.17) is 0 Å². The van der Waals surface area contributed by atoms with E-state index in [2.05, 4.69) is 67.6 Å². The lowest BCUT2D eigenvalue weighted by Crippen LogP contribution is -2.04. The summed E-state index contributed by atoms with van der Waals surface area (Å²) in [5.41, 5.74) is 19.0. The van der Waals surface area contributed by atoms with Gasteiger partial charge in [0.1, 0.15) is 0 Å². The summed E-state index contributed by atoms with van der Waals surface area (Å²) < 4.78 is 39.0. The molecule has 0 atom stereocenters. The Kier molecular flexibility index (Phi) is 4.66. The van der Waals surface area contributed by atoms with Gasteiger partial charge in [-0.25, -0.2) is 0 Å². The van der Waals surface area contributed by atoms with Gasteiger partial charge in [-0.15, -0.1) is 0 Å². The van der Waals surface area contributed by atoms with Crippen LogP contribution in [0.15, 0.2) is 72.8 Å². The second-order valence-corrected chi connectivity index (χ2v) is 11.4. The zero-order valence-corrected chi connectivity index (χ0v) is 21.5. The zero-order valence-electron chi connectivity index (χ0n) is 21.5. The molecule has 0 saturated heterocycles.